The maximum Gasteiger partial charge on any atom is 0.308 e. The highest BCUT2D eigenvalue weighted by Crippen LogP contribution is 2.28. The lowest BCUT2D eigenvalue weighted by Gasteiger charge is -2.07. The molecule has 0 aliphatic heterocycles. The van der Waals surface area contributed by atoms with Gasteiger partial charge in [0.1, 0.15) is 5.75 Å². The molecule has 0 fully saturated rings. The molecule has 0 spiro atoms. The third-order valence-corrected chi connectivity index (χ3v) is 4.48. The maximum atomic E-state index is 10.8. The van der Waals surface area contributed by atoms with Crippen LogP contribution in [-0.2, 0) is 17.6 Å². The van der Waals surface area contributed by atoms with Gasteiger partial charge in [-0.1, -0.05) is 6.92 Å². The van der Waals surface area contributed by atoms with E-state index in [1.165, 1.54) is 11.3 Å². The highest BCUT2D eigenvalue weighted by Gasteiger charge is 2.11. The van der Waals surface area contributed by atoms with Crippen LogP contribution in [0.1, 0.15) is 17.4 Å². The number of benzene rings is 1. The van der Waals surface area contributed by atoms with Gasteiger partial charge in [-0.2, -0.15) is 0 Å². The van der Waals surface area contributed by atoms with E-state index in [1.807, 2.05) is 28.9 Å². The van der Waals surface area contributed by atoms with Crippen LogP contribution >= 0.6 is 11.3 Å². The van der Waals surface area contributed by atoms with Gasteiger partial charge in [-0.25, -0.2) is 4.98 Å². The summed E-state index contributed by atoms with van der Waals surface area (Å²) in [7, 11) is 1.67. The smallest absolute Gasteiger partial charge is 0.308 e. The quantitative estimate of drug-likeness (QED) is 0.784. The summed E-state index contributed by atoms with van der Waals surface area (Å²) in [6.45, 7) is 2.09. The summed E-state index contributed by atoms with van der Waals surface area (Å²) in [5.74, 6) is 0.0588. The molecule has 2 heterocycles. The Morgan fingerprint density at radius 3 is 2.86 bits per heavy atom. The molecule has 22 heavy (non-hydrogen) atoms. The topological polar surface area (TPSA) is 63.8 Å². The molecule has 0 amide bonds. The van der Waals surface area contributed by atoms with Crippen molar-refractivity contribution in [1.82, 2.24) is 9.38 Å². The average Bonchev–Trinajstić information content (AvgIpc) is 3.03. The molecule has 0 aliphatic carbocycles. The van der Waals surface area contributed by atoms with Gasteiger partial charge >= 0.3 is 5.97 Å². The zero-order valence-corrected chi connectivity index (χ0v) is 13.2. The summed E-state index contributed by atoms with van der Waals surface area (Å²) < 4.78 is 7.23. The molecule has 0 saturated carbocycles. The van der Waals surface area contributed by atoms with Gasteiger partial charge in [0.05, 0.1) is 19.2 Å². The monoisotopic (exact) mass is 316 g/mol. The molecule has 0 radical (unpaired) electrons. The molecule has 0 bridgehead atoms. The average molecular weight is 316 g/mol. The number of aryl methyl sites for hydroxylation is 1. The number of hydrogen-bond acceptors (Lipinski definition) is 4. The fourth-order valence-electron chi connectivity index (χ4n) is 2.43. The molecule has 0 unspecified atom stereocenters. The molecule has 2 aromatic heterocycles. The summed E-state index contributed by atoms with van der Waals surface area (Å²) in [6, 6.07) is 6.03. The minimum absolute atomic E-state index is 0.0336. The number of carbonyl (C=O) groups is 1. The number of rotatable bonds is 5. The minimum atomic E-state index is -0.826. The molecule has 114 valence electrons. The molecular formula is C16H16N2O3S. The number of fused-ring (bicyclic) bond motifs is 1. The molecule has 0 aliphatic rings. The van der Waals surface area contributed by atoms with E-state index in [0.717, 1.165) is 38.8 Å². The van der Waals surface area contributed by atoms with E-state index in [1.54, 1.807) is 7.11 Å². The van der Waals surface area contributed by atoms with Crippen molar-refractivity contribution in [2.45, 2.75) is 19.8 Å². The van der Waals surface area contributed by atoms with E-state index in [0.29, 0.717) is 0 Å². The SMILES string of the molecule is CCc1cc(-c2cn3cc(CC(=O)O)sc3n2)ccc1OC. The molecule has 3 aromatic rings. The van der Waals surface area contributed by atoms with Crippen LogP contribution in [0.4, 0.5) is 0 Å². The van der Waals surface area contributed by atoms with E-state index >= 15 is 0 Å². The maximum absolute atomic E-state index is 10.8. The van der Waals surface area contributed by atoms with Crippen molar-refractivity contribution in [3.05, 3.63) is 41.0 Å². The predicted molar refractivity (Wildman–Crippen MR) is 85.8 cm³/mol. The Kier molecular flexibility index (Phi) is 3.85. The Morgan fingerprint density at radius 1 is 1.41 bits per heavy atom. The molecule has 6 heteroatoms. The second-order valence-electron chi connectivity index (χ2n) is 4.96. The zero-order valence-electron chi connectivity index (χ0n) is 12.4. The lowest BCUT2D eigenvalue weighted by atomic mass is 10.1. The molecule has 5 nitrogen and oxygen atoms in total. The fourth-order valence-corrected chi connectivity index (χ4v) is 3.38. The summed E-state index contributed by atoms with van der Waals surface area (Å²) in [6.07, 6.45) is 4.68. The molecule has 1 N–H and O–H groups in total. The number of thiazole rings is 1. The van der Waals surface area contributed by atoms with Crippen LogP contribution in [0.3, 0.4) is 0 Å². The van der Waals surface area contributed by atoms with Crippen molar-refractivity contribution >= 4 is 22.3 Å². The highest BCUT2D eigenvalue weighted by molar-refractivity contribution is 7.17. The minimum Gasteiger partial charge on any atom is -0.496 e. The summed E-state index contributed by atoms with van der Waals surface area (Å²) in [5, 5.41) is 8.83. The zero-order chi connectivity index (χ0) is 15.7. The second kappa shape index (κ2) is 5.81. The molecule has 0 atom stereocenters. The van der Waals surface area contributed by atoms with E-state index in [4.69, 9.17) is 9.84 Å². The number of nitrogens with zero attached hydrogens (tertiary/aromatic N) is 2. The Labute approximate surface area is 131 Å². The lowest BCUT2D eigenvalue weighted by Crippen LogP contribution is -1.97. The van der Waals surface area contributed by atoms with Gasteiger partial charge in [-0.3, -0.25) is 9.20 Å². The normalized spacial score (nSPS) is 11.0. The van der Waals surface area contributed by atoms with Crippen molar-refractivity contribution in [3.8, 4) is 17.0 Å². The van der Waals surface area contributed by atoms with Crippen molar-refractivity contribution in [1.29, 1.82) is 0 Å². The lowest BCUT2D eigenvalue weighted by molar-refractivity contribution is -0.136. The van der Waals surface area contributed by atoms with E-state index in [9.17, 15) is 4.79 Å². The first-order valence-electron chi connectivity index (χ1n) is 6.97. The number of carboxylic acid groups (broad SMARTS) is 1. The Balaban J connectivity index is 1.96. The molecular weight excluding hydrogens is 300 g/mol. The molecule has 3 rings (SSSR count). The molecule has 0 saturated heterocycles. The first-order valence-corrected chi connectivity index (χ1v) is 7.79. The summed E-state index contributed by atoms with van der Waals surface area (Å²) in [5.41, 5.74) is 3.06. The van der Waals surface area contributed by atoms with E-state index in [2.05, 4.69) is 18.0 Å². The number of aromatic nitrogens is 2. The van der Waals surface area contributed by atoms with Crippen LogP contribution in [0.25, 0.3) is 16.2 Å². The standard InChI is InChI=1S/C16H16N2O3S/c1-3-10-6-11(4-5-14(10)21-2)13-9-18-8-12(7-15(19)20)22-16(18)17-13/h4-6,8-9H,3,7H2,1-2H3,(H,19,20). The van der Waals surface area contributed by atoms with Crippen molar-refractivity contribution in [3.63, 3.8) is 0 Å². The fraction of sp³-hybridized carbons (Fsp3) is 0.250. The first-order chi connectivity index (χ1) is 10.6. The van der Waals surface area contributed by atoms with Gasteiger partial charge in [-0.15, -0.1) is 11.3 Å². The van der Waals surface area contributed by atoms with E-state index < -0.39 is 5.97 Å². The Hall–Kier alpha value is -2.34. The Bertz CT molecular complexity index is 804. The van der Waals surface area contributed by atoms with Gasteiger partial charge in [-0.05, 0) is 30.2 Å². The van der Waals surface area contributed by atoms with Gasteiger partial charge in [0, 0.05) is 22.8 Å². The van der Waals surface area contributed by atoms with Gasteiger partial charge < -0.3 is 9.84 Å². The summed E-state index contributed by atoms with van der Waals surface area (Å²) in [4.78, 5) is 16.9. The van der Waals surface area contributed by atoms with Crippen molar-refractivity contribution in [2.24, 2.45) is 0 Å². The highest BCUT2D eigenvalue weighted by atomic mass is 32.1. The second-order valence-corrected chi connectivity index (χ2v) is 6.06. The van der Waals surface area contributed by atoms with E-state index in [-0.39, 0.29) is 6.42 Å². The van der Waals surface area contributed by atoms with Crippen molar-refractivity contribution < 1.29 is 14.6 Å². The van der Waals surface area contributed by atoms with Gasteiger partial charge in [0.25, 0.3) is 0 Å². The number of aliphatic carboxylic acids is 1. The number of ether oxygens (including phenoxy) is 1. The van der Waals surface area contributed by atoms with Gasteiger partial charge in [0.15, 0.2) is 4.96 Å². The number of imidazole rings is 1. The first kappa shape index (κ1) is 14.6. The molecule has 1 aromatic carbocycles. The Morgan fingerprint density at radius 2 is 2.23 bits per heavy atom. The van der Waals surface area contributed by atoms with Crippen molar-refractivity contribution in [2.75, 3.05) is 7.11 Å². The third kappa shape index (κ3) is 2.69. The summed E-state index contributed by atoms with van der Waals surface area (Å²) >= 11 is 1.41. The van der Waals surface area contributed by atoms with Crippen LogP contribution in [0.15, 0.2) is 30.6 Å². The van der Waals surface area contributed by atoms with Gasteiger partial charge in [0.2, 0.25) is 0 Å². The number of hydrogen-bond donors (Lipinski definition) is 1. The number of carboxylic acids is 1. The van der Waals surface area contributed by atoms with Crippen LogP contribution in [0, 0.1) is 0 Å². The largest absolute Gasteiger partial charge is 0.496 e. The predicted octanol–water partition coefficient (Wildman–Crippen LogP) is 3.26. The number of methoxy groups -OCH3 is 1. The van der Waals surface area contributed by atoms with Crippen LogP contribution < -0.4 is 4.74 Å². The third-order valence-electron chi connectivity index (χ3n) is 3.49. The van der Waals surface area contributed by atoms with Crippen LogP contribution in [0.2, 0.25) is 0 Å². The van der Waals surface area contributed by atoms with Crippen LogP contribution in [0.5, 0.6) is 5.75 Å². The van der Waals surface area contributed by atoms with Crippen LogP contribution in [-0.4, -0.2) is 27.6 Å².